The van der Waals surface area contributed by atoms with Gasteiger partial charge in [0.2, 0.25) is 0 Å². The molecule has 1 aromatic carbocycles. The van der Waals surface area contributed by atoms with E-state index in [4.69, 9.17) is 0 Å². The Kier molecular flexibility index (Phi) is 4.78. The van der Waals surface area contributed by atoms with Crippen molar-refractivity contribution in [3.05, 3.63) is 35.4 Å². The lowest BCUT2D eigenvalue weighted by Gasteiger charge is -2.25. The van der Waals surface area contributed by atoms with E-state index in [0.717, 1.165) is 13.1 Å². The molecule has 1 aliphatic rings. The van der Waals surface area contributed by atoms with Crippen molar-refractivity contribution in [3.63, 3.8) is 0 Å². The van der Waals surface area contributed by atoms with Gasteiger partial charge in [0.25, 0.3) is 0 Å². The minimum atomic E-state index is 0. The van der Waals surface area contributed by atoms with E-state index < -0.39 is 0 Å². The molecule has 2 atom stereocenters. The zero-order valence-electron chi connectivity index (χ0n) is 10.2. The number of nitrogens with one attached hydrogen (secondary N) is 1. The fourth-order valence-corrected chi connectivity index (χ4v) is 2.36. The summed E-state index contributed by atoms with van der Waals surface area (Å²) in [5.41, 5.74) is 2.80. The lowest BCUT2D eigenvalue weighted by atomic mass is 9.93. The molecule has 0 unspecified atom stereocenters. The molecule has 3 heteroatoms. The van der Waals surface area contributed by atoms with Crippen LogP contribution in [0.4, 0.5) is 0 Å². The topological polar surface area (TPSA) is 15.3 Å². The van der Waals surface area contributed by atoms with Gasteiger partial charge in [-0.25, -0.2) is 0 Å². The van der Waals surface area contributed by atoms with Gasteiger partial charge in [0.05, 0.1) is 0 Å². The molecule has 0 bridgehead atoms. The van der Waals surface area contributed by atoms with Crippen molar-refractivity contribution in [2.75, 3.05) is 27.2 Å². The van der Waals surface area contributed by atoms with Gasteiger partial charge in [-0.1, -0.05) is 29.8 Å². The molecule has 90 valence electrons. The van der Waals surface area contributed by atoms with Crippen LogP contribution in [0, 0.1) is 6.92 Å². The van der Waals surface area contributed by atoms with Crippen LogP contribution < -0.4 is 5.32 Å². The molecule has 1 N–H and O–H groups in total. The van der Waals surface area contributed by atoms with Crippen LogP contribution in [0.5, 0.6) is 0 Å². The highest BCUT2D eigenvalue weighted by atomic mass is 35.5. The third kappa shape index (κ3) is 2.76. The summed E-state index contributed by atoms with van der Waals surface area (Å²) in [5, 5.41) is 3.48. The summed E-state index contributed by atoms with van der Waals surface area (Å²) in [6.45, 7) is 4.34. The molecular weight excluding hydrogens is 220 g/mol. The second-order valence-electron chi connectivity index (χ2n) is 4.71. The van der Waals surface area contributed by atoms with Crippen molar-refractivity contribution in [2.24, 2.45) is 0 Å². The molecule has 0 amide bonds. The van der Waals surface area contributed by atoms with Crippen LogP contribution in [0.15, 0.2) is 24.3 Å². The minimum absolute atomic E-state index is 0. The number of aryl methyl sites for hydroxylation is 1. The van der Waals surface area contributed by atoms with Crippen LogP contribution in [-0.4, -0.2) is 38.1 Å². The summed E-state index contributed by atoms with van der Waals surface area (Å²) in [6.07, 6.45) is 0. The molecule has 0 saturated carbocycles. The Morgan fingerprint density at radius 1 is 1.12 bits per heavy atom. The Labute approximate surface area is 104 Å². The number of hydrogen-bond donors (Lipinski definition) is 1. The first kappa shape index (κ1) is 13.5. The van der Waals surface area contributed by atoms with Crippen molar-refractivity contribution in [2.45, 2.75) is 18.9 Å². The number of halogens is 1. The van der Waals surface area contributed by atoms with E-state index >= 15 is 0 Å². The fraction of sp³-hybridized carbons (Fsp3) is 0.538. The molecular formula is C13H21ClN2. The lowest BCUT2D eigenvalue weighted by Crippen LogP contribution is -2.33. The quantitative estimate of drug-likeness (QED) is 0.851. The summed E-state index contributed by atoms with van der Waals surface area (Å²) < 4.78 is 0. The maximum atomic E-state index is 3.48. The summed E-state index contributed by atoms with van der Waals surface area (Å²) in [7, 11) is 4.33. The Balaban J connectivity index is 0.00000128. The van der Waals surface area contributed by atoms with E-state index in [-0.39, 0.29) is 12.4 Å². The van der Waals surface area contributed by atoms with Crippen molar-refractivity contribution in [1.82, 2.24) is 10.2 Å². The average Bonchev–Trinajstić information content (AvgIpc) is 2.67. The summed E-state index contributed by atoms with van der Waals surface area (Å²) >= 11 is 0. The highest BCUT2D eigenvalue weighted by Gasteiger charge is 2.29. The third-order valence-electron chi connectivity index (χ3n) is 3.35. The average molecular weight is 241 g/mol. The molecule has 2 rings (SSSR count). The molecule has 2 nitrogen and oxygen atoms in total. The highest BCUT2D eigenvalue weighted by Crippen LogP contribution is 2.25. The van der Waals surface area contributed by atoms with Crippen LogP contribution in [-0.2, 0) is 0 Å². The van der Waals surface area contributed by atoms with Gasteiger partial charge in [-0.15, -0.1) is 12.4 Å². The van der Waals surface area contributed by atoms with Crippen LogP contribution in [0.1, 0.15) is 17.0 Å². The smallest absolute Gasteiger partial charge is 0.0295 e. The Morgan fingerprint density at radius 3 is 2.31 bits per heavy atom. The highest BCUT2D eigenvalue weighted by molar-refractivity contribution is 5.85. The predicted molar refractivity (Wildman–Crippen MR) is 71.5 cm³/mol. The van der Waals surface area contributed by atoms with Crippen molar-refractivity contribution in [1.29, 1.82) is 0 Å². The molecule has 1 fully saturated rings. The Hall–Kier alpha value is -0.570. The van der Waals surface area contributed by atoms with Gasteiger partial charge in [-0.3, -0.25) is 0 Å². The minimum Gasteiger partial charge on any atom is -0.314 e. The molecule has 0 aromatic heterocycles. The van der Waals surface area contributed by atoms with Crippen LogP contribution >= 0.6 is 12.4 Å². The monoisotopic (exact) mass is 240 g/mol. The number of hydrogen-bond acceptors (Lipinski definition) is 2. The normalized spacial score (nSPS) is 24.5. The van der Waals surface area contributed by atoms with Crippen LogP contribution in [0.3, 0.4) is 0 Å². The molecule has 0 aliphatic carbocycles. The molecule has 1 saturated heterocycles. The van der Waals surface area contributed by atoms with Crippen LogP contribution in [0.2, 0.25) is 0 Å². The first-order chi connectivity index (χ1) is 7.18. The van der Waals surface area contributed by atoms with E-state index in [2.05, 4.69) is 55.5 Å². The van der Waals surface area contributed by atoms with Crippen molar-refractivity contribution < 1.29 is 0 Å². The van der Waals surface area contributed by atoms with E-state index in [9.17, 15) is 0 Å². The molecule has 16 heavy (non-hydrogen) atoms. The maximum Gasteiger partial charge on any atom is 0.0295 e. The zero-order chi connectivity index (χ0) is 10.8. The van der Waals surface area contributed by atoms with Crippen molar-refractivity contribution in [3.8, 4) is 0 Å². The van der Waals surface area contributed by atoms with E-state index in [1.54, 1.807) is 0 Å². The van der Waals surface area contributed by atoms with Gasteiger partial charge in [0.1, 0.15) is 0 Å². The standard InChI is InChI=1S/C13H20N2.ClH/c1-10-4-6-11(7-5-10)12-8-14-9-13(12)15(2)3;/h4-7,12-14H,8-9H2,1-3H3;1H/t12-,13+;/m0./s1. The molecule has 1 aromatic rings. The second kappa shape index (κ2) is 5.67. The molecule has 1 heterocycles. The third-order valence-corrected chi connectivity index (χ3v) is 3.35. The molecule has 1 aliphatic heterocycles. The first-order valence-electron chi connectivity index (χ1n) is 5.62. The number of likely N-dealkylation sites (N-methyl/N-ethyl adjacent to an activating group) is 1. The number of nitrogens with zero attached hydrogens (tertiary/aromatic N) is 1. The van der Waals surface area contributed by atoms with Crippen molar-refractivity contribution >= 4 is 12.4 Å². The van der Waals surface area contributed by atoms with Gasteiger partial charge >= 0.3 is 0 Å². The summed E-state index contributed by atoms with van der Waals surface area (Å²) in [4.78, 5) is 2.32. The van der Waals surface area contributed by atoms with E-state index in [1.165, 1.54) is 11.1 Å². The first-order valence-corrected chi connectivity index (χ1v) is 5.62. The van der Waals surface area contributed by atoms with Gasteiger partial charge in [0, 0.05) is 25.0 Å². The lowest BCUT2D eigenvalue weighted by molar-refractivity contribution is 0.291. The number of rotatable bonds is 2. The predicted octanol–water partition coefficient (Wildman–Crippen LogP) is 2.03. The van der Waals surface area contributed by atoms with E-state index in [1.807, 2.05) is 0 Å². The zero-order valence-corrected chi connectivity index (χ0v) is 11.1. The maximum absolute atomic E-state index is 3.48. The largest absolute Gasteiger partial charge is 0.314 e. The Bertz CT molecular complexity index is 321. The van der Waals surface area contributed by atoms with Gasteiger partial charge in [0.15, 0.2) is 0 Å². The fourth-order valence-electron chi connectivity index (χ4n) is 2.36. The summed E-state index contributed by atoms with van der Waals surface area (Å²) in [5.74, 6) is 0.639. The molecule has 0 spiro atoms. The molecule has 0 radical (unpaired) electrons. The van der Waals surface area contributed by atoms with Gasteiger partial charge < -0.3 is 10.2 Å². The van der Waals surface area contributed by atoms with E-state index in [0.29, 0.717) is 12.0 Å². The number of benzene rings is 1. The van der Waals surface area contributed by atoms with Gasteiger partial charge in [-0.05, 0) is 26.6 Å². The SMILES string of the molecule is Cc1ccc([C@@H]2CNC[C@H]2N(C)C)cc1.Cl. The summed E-state index contributed by atoms with van der Waals surface area (Å²) in [6, 6.07) is 9.58. The Morgan fingerprint density at radius 2 is 1.75 bits per heavy atom. The second-order valence-corrected chi connectivity index (χ2v) is 4.71. The van der Waals surface area contributed by atoms with Crippen LogP contribution in [0.25, 0.3) is 0 Å². The van der Waals surface area contributed by atoms with Gasteiger partial charge in [-0.2, -0.15) is 0 Å².